The molecule has 2 atom stereocenters. The Balaban J connectivity index is 1.65. The van der Waals surface area contributed by atoms with E-state index in [0.29, 0.717) is 22.7 Å². The lowest BCUT2D eigenvalue weighted by Crippen LogP contribution is -2.45. The number of carbonyl (C=O) groups is 3. The fraction of sp³-hybridized carbons (Fsp3) is 0.462. The van der Waals surface area contributed by atoms with Crippen LogP contribution in [0.3, 0.4) is 0 Å². The van der Waals surface area contributed by atoms with Crippen molar-refractivity contribution in [3.05, 3.63) is 78.4 Å². The van der Waals surface area contributed by atoms with Gasteiger partial charge in [0.25, 0.3) is 5.91 Å². The number of nitrogens with one attached hydrogen (secondary N) is 2. The molecule has 3 N–H and O–H groups in total. The van der Waals surface area contributed by atoms with Gasteiger partial charge in [0.05, 0.1) is 32.9 Å². The van der Waals surface area contributed by atoms with Gasteiger partial charge in [-0.05, 0) is 49.3 Å². The van der Waals surface area contributed by atoms with E-state index in [1.165, 1.54) is 17.8 Å². The molecule has 1 aliphatic rings. The molecule has 0 saturated heterocycles. The predicted molar refractivity (Wildman–Crippen MR) is 212 cm³/mol. The third kappa shape index (κ3) is 11.5. The van der Waals surface area contributed by atoms with Crippen molar-refractivity contribution in [2.24, 2.45) is 5.41 Å². The molecule has 0 aromatic heterocycles. The number of carboxylic acids is 1. The molecule has 1 aliphatic heterocycles. The minimum atomic E-state index is -3.86. The first-order chi connectivity index (χ1) is 25.6. The number of hydrogen-bond donors (Lipinski definition) is 3. The van der Waals surface area contributed by atoms with Crippen molar-refractivity contribution in [2.45, 2.75) is 87.0 Å². The molecule has 0 spiro atoms. The molecule has 0 bridgehead atoms. The van der Waals surface area contributed by atoms with Crippen LogP contribution in [0, 0.1) is 5.41 Å². The number of sulfone groups is 2. The Bertz CT molecular complexity index is 1970. The van der Waals surface area contributed by atoms with Gasteiger partial charge in [-0.15, -0.1) is 11.8 Å². The highest BCUT2D eigenvalue weighted by molar-refractivity contribution is 7.98. The van der Waals surface area contributed by atoms with E-state index in [2.05, 4.69) is 29.5 Å². The monoisotopic (exact) mass is 801 g/mol. The van der Waals surface area contributed by atoms with Crippen LogP contribution in [-0.4, -0.2) is 76.3 Å². The number of nitrogens with zero attached hydrogens (tertiary/aromatic N) is 1. The Labute approximate surface area is 323 Å². The lowest BCUT2D eigenvalue weighted by Gasteiger charge is -2.37. The minimum Gasteiger partial charge on any atom is -0.480 e. The molecular formula is C39H51N3O9S3. The Hall–Kier alpha value is -4.08. The third-order valence-corrected chi connectivity index (χ3v) is 13.4. The zero-order valence-electron chi connectivity index (χ0n) is 31.2. The molecule has 15 heteroatoms. The lowest BCUT2D eigenvalue weighted by atomic mass is 9.79. The molecule has 4 rings (SSSR count). The highest BCUT2D eigenvalue weighted by atomic mass is 32.2. The van der Waals surface area contributed by atoms with Crippen molar-refractivity contribution >= 4 is 60.6 Å². The van der Waals surface area contributed by atoms with Crippen molar-refractivity contribution < 1.29 is 41.2 Å². The molecule has 3 aromatic carbocycles. The molecule has 0 fully saturated rings. The summed E-state index contributed by atoms with van der Waals surface area (Å²) in [5.74, 6) is -4.44. The molecule has 3 aromatic rings. The zero-order valence-corrected chi connectivity index (χ0v) is 33.7. The Kier molecular flexibility index (Phi) is 15.0. The highest BCUT2D eigenvalue weighted by Crippen LogP contribution is 2.47. The van der Waals surface area contributed by atoms with Gasteiger partial charge < -0.3 is 20.2 Å². The normalized spacial score (nSPS) is 16.0. The average Bonchev–Trinajstić information content (AvgIpc) is 3.23. The molecule has 0 radical (unpaired) electrons. The van der Waals surface area contributed by atoms with E-state index >= 15 is 0 Å². The van der Waals surface area contributed by atoms with Gasteiger partial charge in [0.15, 0.2) is 15.6 Å². The molecule has 1 heterocycles. The number of hydrogen-bond acceptors (Lipinski definition) is 10. The fourth-order valence-corrected chi connectivity index (χ4v) is 10.1. The highest BCUT2D eigenvalue weighted by Gasteiger charge is 2.42. The maximum Gasteiger partial charge on any atom is 0.326 e. The summed E-state index contributed by atoms with van der Waals surface area (Å²) in [5, 5.41) is 12.1. The lowest BCUT2D eigenvalue weighted by molar-refractivity contribution is -0.142. The van der Waals surface area contributed by atoms with Crippen LogP contribution in [0.2, 0.25) is 0 Å². The number of anilines is 2. The Morgan fingerprint density at radius 1 is 0.981 bits per heavy atom. The summed E-state index contributed by atoms with van der Waals surface area (Å²) in [6.45, 7) is 4.73. The molecule has 2 amide bonds. The number of para-hydroxylation sites is 1. The van der Waals surface area contributed by atoms with Crippen molar-refractivity contribution in [1.82, 2.24) is 10.8 Å². The number of rotatable bonds is 19. The number of thioether (sulfide) groups is 1. The van der Waals surface area contributed by atoms with E-state index in [1.807, 2.05) is 36.6 Å². The van der Waals surface area contributed by atoms with E-state index in [-0.39, 0.29) is 22.8 Å². The summed E-state index contributed by atoms with van der Waals surface area (Å²) >= 11 is 1.32. The molecule has 2 unspecified atom stereocenters. The number of fused-ring (bicyclic) bond motifs is 1. The Morgan fingerprint density at radius 2 is 1.59 bits per heavy atom. The van der Waals surface area contributed by atoms with E-state index < -0.39 is 67.0 Å². The minimum absolute atomic E-state index is 0.0316. The van der Waals surface area contributed by atoms with Crippen LogP contribution in [0.15, 0.2) is 82.6 Å². The summed E-state index contributed by atoms with van der Waals surface area (Å²) in [4.78, 5) is 47.4. The second-order valence-corrected chi connectivity index (χ2v) is 19.0. The van der Waals surface area contributed by atoms with Gasteiger partial charge in [-0.2, -0.15) is 5.48 Å². The van der Waals surface area contributed by atoms with Crippen LogP contribution in [0.25, 0.3) is 0 Å². The number of unbranched alkanes of at least 4 members (excludes halogenated alkanes) is 2. The van der Waals surface area contributed by atoms with E-state index in [4.69, 9.17) is 4.84 Å². The number of hydroxylamine groups is 1. The molecule has 0 aliphatic carbocycles. The molecule has 0 saturated carbocycles. The van der Waals surface area contributed by atoms with Crippen LogP contribution >= 0.6 is 11.8 Å². The van der Waals surface area contributed by atoms with Crippen molar-refractivity contribution in [3.8, 4) is 5.75 Å². The van der Waals surface area contributed by atoms with Crippen molar-refractivity contribution in [1.29, 1.82) is 0 Å². The number of aliphatic carboxylic acids is 1. The maximum absolute atomic E-state index is 14.4. The first-order valence-electron chi connectivity index (χ1n) is 18.1. The average molecular weight is 802 g/mol. The summed E-state index contributed by atoms with van der Waals surface area (Å²) in [5.41, 5.74) is 3.71. The molecular weight excluding hydrogens is 751 g/mol. The van der Waals surface area contributed by atoms with Gasteiger partial charge >= 0.3 is 5.97 Å². The van der Waals surface area contributed by atoms with Gasteiger partial charge in [-0.1, -0.05) is 88.1 Å². The summed E-state index contributed by atoms with van der Waals surface area (Å²) < 4.78 is 52.2. The Morgan fingerprint density at radius 3 is 2.15 bits per heavy atom. The summed E-state index contributed by atoms with van der Waals surface area (Å²) in [6, 6.07) is 19.8. The van der Waals surface area contributed by atoms with Crippen molar-refractivity contribution in [3.63, 3.8) is 0 Å². The van der Waals surface area contributed by atoms with Crippen LogP contribution < -0.4 is 20.5 Å². The number of benzene rings is 3. The summed E-state index contributed by atoms with van der Waals surface area (Å²) in [6.07, 6.45) is 7.18. The number of carbonyl (C=O) groups excluding carboxylic acids is 2. The quantitative estimate of drug-likeness (QED) is 0.0918. The third-order valence-electron chi connectivity index (χ3n) is 9.62. The topological polar surface area (TPSA) is 176 Å². The molecule has 294 valence electrons. The van der Waals surface area contributed by atoms with Crippen LogP contribution in [0.1, 0.15) is 76.7 Å². The van der Waals surface area contributed by atoms with Crippen LogP contribution in [-0.2, 0) is 34.1 Å². The second-order valence-electron chi connectivity index (χ2n) is 14.0. The number of amides is 2. The molecule has 54 heavy (non-hydrogen) atoms. The second kappa shape index (κ2) is 19.0. The van der Waals surface area contributed by atoms with Gasteiger partial charge in [0, 0.05) is 36.4 Å². The summed E-state index contributed by atoms with van der Waals surface area (Å²) in [7, 11) is -7.36. The molecule has 12 nitrogen and oxygen atoms in total. The smallest absolute Gasteiger partial charge is 0.326 e. The van der Waals surface area contributed by atoms with Crippen LogP contribution in [0.4, 0.5) is 11.4 Å². The van der Waals surface area contributed by atoms with Gasteiger partial charge in [-0.25, -0.2) is 21.6 Å². The standard InChI is InChI=1S/C39H51N3O9S3/c1-5-7-20-39(21-8-6-2)26-42(29-17-13-10-14-18-29)32-24-34(52-3)33(25-35(32)54(49,50)27-39)51-41-36(43)23-30(28-15-11-9-12-16-28)37(44)40-31(38(45)46)19-22-53(4,47)48/h9-18,24-25,30-31H,5-8,19-23,26-27H2,1-4H3,(H,40,44)(H,41,43)(H,45,46). The van der Waals surface area contributed by atoms with Gasteiger partial charge in [-0.3, -0.25) is 9.59 Å². The first-order valence-corrected chi connectivity index (χ1v) is 23.0. The van der Waals surface area contributed by atoms with Crippen LogP contribution in [0.5, 0.6) is 5.75 Å². The zero-order chi connectivity index (χ0) is 39.5. The van der Waals surface area contributed by atoms with Gasteiger partial charge in [0.2, 0.25) is 5.91 Å². The van der Waals surface area contributed by atoms with E-state index in [9.17, 15) is 36.3 Å². The fourth-order valence-electron chi connectivity index (χ4n) is 6.79. The van der Waals surface area contributed by atoms with Gasteiger partial charge in [0.1, 0.15) is 15.9 Å². The first kappa shape index (κ1) is 42.7. The van der Waals surface area contributed by atoms with Crippen molar-refractivity contribution in [2.75, 3.05) is 35.5 Å². The maximum atomic E-state index is 14.4. The van der Waals surface area contributed by atoms with E-state index in [1.54, 1.807) is 36.4 Å². The SMILES string of the molecule is CCCCC1(CCCC)CN(c2ccccc2)c2cc(SC)c(ONC(=O)CC(C(=O)NC(CCS(C)(=O)=O)C(=O)O)c3ccccc3)cc2S(=O)(=O)C1. The largest absolute Gasteiger partial charge is 0.480 e. The van der Waals surface area contributed by atoms with E-state index in [0.717, 1.165) is 50.5 Å². The predicted octanol–water partition coefficient (Wildman–Crippen LogP) is 6.29. The number of carboxylic acid groups (broad SMARTS) is 1.